The summed E-state index contributed by atoms with van der Waals surface area (Å²) in [5.41, 5.74) is 8.53. The van der Waals surface area contributed by atoms with E-state index in [0.717, 1.165) is 16.9 Å². The van der Waals surface area contributed by atoms with E-state index < -0.39 is 5.97 Å². The maximum atomic E-state index is 11.1. The van der Waals surface area contributed by atoms with Crippen molar-refractivity contribution in [3.05, 3.63) is 57.8 Å². The molecule has 0 saturated heterocycles. The first-order valence-corrected chi connectivity index (χ1v) is 7.88. The Kier molecular flexibility index (Phi) is 4.05. The zero-order valence-electron chi connectivity index (χ0n) is 11.5. The van der Waals surface area contributed by atoms with Crippen LogP contribution >= 0.6 is 11.3 Å². The lowest BCUT2D eigenvalue weighted by molar-refractivity contribution is -0.137. The average Bonchev–Trinajstić information content (AvgIpc) is 3.08. The third-order valence-corrected chi connectivity index (χ3v) is 4.91. The molecule has 1 aliphatic rings. The van der Waals surface area contributed by atoms with E-state index >= 15 is 0 Å². The summed E-state index contributed by atoms with van der Waals surface area (Å²) in [6.07, 6.45) is 0.884. The molecule has 0 fully saturated rings. The number of hydrogen-bond donors (Lipinski definition) is 3. The molecule has 110 valence electrons. The third kappa shape index (κ3) is 3.00. The highest BCUT2D eigenvalue weighted by molar-refractivity contribution is 7.10. The molecular formula is C16H18N2O2S. The molecule has 1 heterocycles. The summed E-state index contributed by atoms with van der Waals surface area (Å²) < 4.78 is 0. The topological polar surface area (TPSA) is 75.3 Å². The largest absolute Gasteiger partial charge is 0.481 e. The molecule has 0 aliphatic heterocycles. The normalized spacial score (nSPS) is 22.0. The number of aliphatic carboxylic acids is 1. The Morgan fingerprint density at radius 1 is 1.33 bits per heavy atom. The molecule has 2 aromatic rings. The molecule has 5 heteroatoms. The Bertz CT molecular complexity index is 627. The van der Waals surface area contributed by atoms with Crippen molar-refractivity contribution in [2.75, 3.05) is 0 Å². The van der Waals surface area contributed by atoms with Crippen molar-refractivity contribution < 1.29 is 9.90 Å². The predicted molar refractivity (Wildman–Crippen MR) is 83.2 cm³/mol. The van der Waals surface area contributed by atoms with Crippen LogP contribution in [0.1, 0.15) is 47.0 Å². The maximum absolute atomic E-state index is 11.1. The highest BCUT2D eigenvalue weighted by Crippen LogP contribution is 2.39. The fourth-order valence-corrected chi connectivity index (χ4v) is 3.77. The number of nitrogens with two attached hydrogens (primary N) is 1. The summed E-state index contributed by atoms with van der Waals surface area (Å²) in [6.45, 7) is 0. The fourth-order valence-electron chi connectivity index (χ4n) is 2.98. The van der Waals surface area contributed by atoms with Crippen molar-refractivity contribution in [1.29, 1.82) is 0 Å². The van der Waals surface area contributed by atoms with Crippen molar-refractivity contribution in [1.82, 2.24) is 5.32 Å². The van der Waals surface area contributed by atoms with E-state index in [9.17, 15) is 4.79 Å². The summed E-state index contributed by atoms with van der Waals surface area (Å²) in [7, 11) is 0. The van der Waals surface area contributed by atoms with Gasteiger partial charge in [0.25, 0.3) is 0 Å². The number of thiophene rings is 1. The minimum atomic E-state index is -0.795. The van der Waals surface area contributed by atoms with Crippen LogP contribution in [0.15, 0.2) is 41.8 Å². The molecular weight excluding hydrogens is 284 g/mol. The van der Waals surface area contributed by atoms with E-state index in [4.69, 9.17) is 10.8 Å². The SMILES string of the molecule is NC1CC(NC(CC(=O)O)c2cccs2)c2ccccc21. The second kappa shape index (κ2) is 5.97. The first kappa shape index (κ1) is 14.3. The van der Waals surface area contributed by atoms with E-state index in [2.05, 4.69) is 17.4 Å². The van der Waals surface area contributed by atoms with Gasteiger partial charge in [0.05, 0.1) is 12.5 Å². The van der Waals surface area contributed by atoms with Gasteiger partial charge in [-0.3, -0.25) is 4.79 Å². The standard InChI is InChI=1S/C16H18N2O2S/c17-12-8-13(11-5-2-1-4-10(11)12)18-14(9-16(19)20)15-6-3-7-21-15/h1-7,12-14,18H,8-9,17H2,(H,19,20). The number of nitrogens with one attached hydrogen (secondary N) is 1. The molecule has 3 unspecified atom stereocenters. The summed E-state index contributed by atoms with van der Waals surface area (Å²) in [4.78, 5) is 12.2. The van der Waals surface area contributed by atoms with E-state index in [-0.39, 0.29) is 24.5 Å². The van der Waals surface area contributed by atoms with E-state index in [1.807, 2.05) is 29.6 Å². The third-order valence-electron chi connectivity index (χ3n) is 3.93. The number of carbonyl (C=O) groups is 1. The minimum Gasteiger partial charge on any atom is -0.481 e. The first-order valence-electron chi connectivity index (χ1n) is 7.01. The molecule has 1 aliphatic carbocycles. The Morgan fingerprint density at radius 3 is 2.76 bits per heavy atom. The van der Waals surface area contributed by atoms with Gasteiger partial charge in [-0.15, -0.1) is 11.3 Å². The van der Waals surface area contributed by atoms with Gasteiger partial charge in [0.1, 0.15) is 0 Å². The Morgan fingerprint density at radius 2 is 2.10 bits per heavy atom. The van der Waals surface area contributed by atoms with Crippen molar-refractivity contribution in [2.45, 2.75) is 31.0 Å². The fraction of sp³-hybridized carbons (Fsp3) is 0.312. The molecule has 1 aromatic carbocycles. The van der Waals surface area contributed by atoms with Crippen LogP contribution in [0.4, 0.5) is 0 Å². The van der Waals surface area contributed by atoms with Gasteiger partial charge >= 0.3 is 5.97 Å². The second-order valence-corrected chi connectivity index (χ2v) is 6.34. The number of fused-ring (bicyclic) bond motifs is 1. The number of carboxylic acid groups (broad SMARTS) is 1. The minimum absolute atomic E-state index is 0.0208. The van der Waals surface area contributed by atoms with Gasteiger partial charge in [-0.2, -0.15) is 0 Å². The zero-order valence-corrected chi connectivity index (χ0v) is 12.3. The number of carboxylic acids is 1. The number of rotatable bonds is 5. The summed E-state index contributed by atoms with van der Waals surface area (Å²) in [5.74, 6) is -0.795. The quantitative estimate of drug-likeness (QED) is 0.793. The predicted octanol–water partition coefficient (Wildman–Crippen LogP) is 3.00. The van der Waals surface area contributed by atoms with Crippen LogP contribution in [0, 0.1) is 0 Å². The van der Waals surface area contributed by atoms with Crippen LogP contribution in [0.25, 0.3) is 0 Å². The Hall–Kier alpha value is -1.69. The number of benzene rings is 1. The molecule has 1 aromatic heterocycles. The van der Waals surface area contributed by atoms with Crippen molar-refractivity contribution in [2.24, 2.45) is 5.73 Å². The van der Waals surface area contributed by atoms with E-state index in [1.165, 1.54) is 5.56 Å². The lowest BCUT2D eigenvalue weighted by Gasteiger charge is -2.21. The van der Waals surface area contributed by atoms with Crippen LogP contribution in [-0.4, -0.2) is 11.1 Å². The molecule has 0 bridgehead atoms. The lowest BCUT2D eigenvalue weighted by Crippen LogP contribution is -2.27. The molecule has 0 saturated carbocycles. The molecule has 4 nitrogen and oxygen atoms in total. The number of hydrogen-bond acceptors (Lipinski definition) is 4. The maximum Gasteiger partial charge on any atom is 0.305 e. The highest BCUT2D eigenvalue weighted by Gasteiger charge is 2.30. The highest BCUT2D eigenvalue weighted by atomic mass is 32.1. The van der Waals surface area contributed by atoms with Gasteiger partial charge in [0.2, 0.25) is 0 Å². The Labute approximate surface area is 127 Å². The van der Waals surface area contributed by atoms with Gasteiger partial charge in [0, 0.05) is 17.0 Å². The van der Waals surface area contributed by atoms with Gasteiger partial charge < -0.3 is 16.2 Å². The van der Waals surface area contributed by atoms with E-state index in [0.29, 0.717) is 0 Å². The lowest BCUT2D eigenvalue weighted by atomic mass is 10.1. The first-order chi connectivity index (χ1) is 10.1. The van der Waals surface area contributed by atoms with Crippen LogP contribution in [0.2, 0.25) is 0 Å². The van der Waals surface area contributed by atoms with Crippen molar-refractivity contribution >= 4 is 17.3 Å². The monoisotopic (exact) mass is 302 g/mol. The van der Waals surface area contributed by atoms with Gasteiger partial charge in [0.15, 0.2) is 0 Å². The summed E-state index contributed by atoms with van der Waals surface area (Å²) in [6, 6.07) is 12.0. The average molecular weight is 302 g/mol. The van der Waals surface area contributed by atoms with Crippen LogP contribution < -0.4 is 11.1 Å². The second-order valence-electron chi connectivity index (χ2n) is 5.36. The Balaban J connectivity index is 1.82. The molecule has 0 amide bonds. The van der Waals surface area contributed by atoms with Gasteiger partial charge in [-0.1, -0.05) is 30.3 Å². The van der Waals surface area contributed by atoms with Crippen molar-refractivity contribution in [3.63, 3.8) is 0 Å². The molecule has 4 N–H and O–H groups in total. The molecule has 0 radical (unpaired) electrons. The molecule has 3 atom stereocenters. The van der Waals surface area contributed by atoms with Gasteiger partial charge in [-0.25, -0.2) is 0 Å². The van der Waals surface area contributed by atoms with Crippen LogP contribution in [-0.2, 0) is 4.79 Å². The van der Waals surface area contributed by atoms with Crippen LogP contribution in [0.3, 0.4) is 0 Å². The molecule has 21 heavy (non-hydrogen) atoms. The van der Waals surface area contributed by atoms with Crippen molar-refractivity contribution in [3.8, 4) is 0 Å². The molecule has 3 rings (SSSR count). The zero-order chi connectivity index (χ0) is 14.8. The van der Waals surface area contributed by atoms with E-state index in [1.54, 1.807) is 11.3 Å². The summed E-state index contributed by atoms with van der Waals surface area (Å²) >= 11 is 1.58. The van der Waals surface area contributed by atoms with Gasteiger partial charge in [-0.05, 0) is 29.0 Å². The van der Waals surface area contributed by atoms with Crippen LogP contribution in [0.5, 0.6) is 0 Å². The summed E-state index contributed by atoms with van der Waals surface area (Å²) in [5, 5.41) is 14.6. The molecule has 0 spiro atoms. The smallest absolute Gasteiger partial charge is 0.305 e.